The van der Waals surface area contributed by atoms with Crippen molar-refractivity contribution in [3.05, 3.63) is 50.9 Å². The lowest BCUT2D eigenvalue weighted by Gasteiger charge is -2.01. The van der Waals surface area contributed by atoms with Crippen LogP contribution in [0.1, 0.15) is 20.2 Å². The zero-order chi connectivity index (χ0) is 14.0. The van der Waals surface area contributed by atoms with Crippen LogP contribution >= 0.6 is 22.9 Å². The summed E-state index contributed by atoms with van der Waals surface area (Å²) in [7, 11) is 0. The summed E-state index contributed by atoms with van der Waals surface area (Å²) in [5, 5.41) is -0.605. The molecule has 0 fully saturated rings. The molecule has 0 unspecified atom stereocenters. The summed E-state index contributed by atoms with van der Waals surface area (Å²) in [4.78, 5) is 15.0. The van der Waals surface area contributed by atoms with E-state index in [9.17, 15) is 18.0 Å². The van der Waals surface area contributed by atoms with Gasteiger partial charge in [0.2, 0.25) is 0 Å². The van der Waals surface area contributed by atoms with Crippen LogP contribution in [0.25, 0.3) is 0 Å². The van der Waals surface area contributed by atoms with Gasteiger partial charge in [0, 0.05) is 17.6 Å². The van der Waals surface area contributed by atoms with E-state index in [-0.39, 0.29) is 11.3 Å². The molecule has 19 heavy (non-hydrogen) atoms. The topological polar surface area (TPSA) is 30.0 Å². The second-order valence-electron chi connectivity index (χ2n) is 3.72. The van der Waals surface area contributed by atoms with Crippen molar-refractivity contribution < 1.29 is 18.0 Å². The molecule has 0 saturated heterocycles. The van der Waals surface area contributed by atoms with Gasteiger partial charge in [0.25, 0.3) is 0 Å². The third-order valence-electron chi connectivity index (χ3n) is 2.33. The molecule has 1 aromatic heterocycles. The van der Waals surface area contributed by atoms with Gasteiger partial charge < -0.3 is 0 Å². The first-order valence-electron chi connectivity index (χ1n) is 5.17. The number of benzene rings is 1. The Morgan fingerprint density at radius 2 is 2.00 bits per heavy atom. The average Bonchev–Trinajstić information content (AvgIpc) is 2.81. The number of Topliss-reactive ketones (excluding diaryl/α,β-unsaturated/α-hetero) is 1. The first kappa shape index (κ1) is 14.0. The molecule has 0 bridgehead atoms. The fourth-order valence-electron chi connectivity index (χ4n) is 1.44. The fraction of sp³-hybridized carbons (Fsp3) is 0.167. The molecular weight excluding hydrogens is 299 g/mol. The number of thiazole rings is 1. The van der Waals surface area contributed by atoms with Gasteiger partial charge in [-0.1, -0.05) is 29.8 Å². The van der Waals surface area contributed by atoms with Gasteiger partial charge in [-0.3, -0.25) is 4.79 Å². The molecule has 100 valence electrons. The summed E-state index contributed by atoms with van der Waals surface area (Å²) in [6, 6.07) is 6.71. The first-order valence-corrected chi connectivity index (χ1v) is 6.37. The van der Waals surface area contributed by atoms with Crippen molar-refractivity contribution in [2.45, 2.75) is 12.6 Å². The number of hydrogen-bond acceptors (Lipinski definition) is 3. The van der Waals surface area contributed by atoms with Gasteiger partial charge in [0.15, 0.2) is 10.8 Å². The highest BCUT2D eigenvalue weighted by atomic mass is 35.5. The number of nitrogens with zero attached hydrogens (tertiary/aromatic N) is 1. The molecule has 0 amide bonds. The number of carbonyl (C=O) groups is 1. The van der Waals surface area contributed by atoms with Gasteiger partial charge in [-0.15, -0.1) is 11.3 Å². The molecule has 7 heteroatoms. The normalized spacial score (nSPS) is 11.6. The van der Waals surface area contributed by atoms with Crippen LogP contribution in [0.5, 0.6) is 0 Å². The summed E-state index contributed by atoms with van der Waals surface area (Å²) in [5.74, 6) is -0.430. The minimum Gasteiger partial charge on any atom is -0.293 e. The number of halogens is 4. The van der Waals surface area contributed by atoms with Crippen molar-refractivity contribution in [1.29, 1.82) is 0 Å². The Bertz CT molecular complexity index is 609. The van der Waals surface area contributed by atoms with Crippen molar-refractivity contribution >= 4 is 28.7 Å². The molecule has 2 nitrogen and oxygen atoms in total. The van der Waals surface area contributed by atoms with Crippen LogP contribution in [0.15, 0.2) is 30.5 Å². The van der Waals surface area contributed by atoms with Crippen molar-refractivity contribution in [3.63, 3.8) is 0 Å². The number of hydrogen-bond donors (Lipinski definition) is 0. The van der Waals surface area contributed by atoms with Crippen LogP contribution in [0, 0.1) is 0 Å². The van der Waals surface area contributed by atoms with Crippen LogP contribution < -0.4 is 0 Å². The summed E-state index contributed by atoms with van der Waals surface area (Å²) in [5.41, 5.74) is 0.580. The number of aromatic nitrogens is 1. The minimum atomic E-state index is -4.52. The van der Waals surface area contributed by atoms with E-state index in [1.165, 1.54) is 0 Å². The maximum Gasteiger partial charge on any atom is 0.443 e. The minimum absolute atomic E-state index is 0.0211. The predicted octanol–water partition coefficient (Wildman–Crippen LogP) is 4.24. The molecule has 1 heterocycles. The first-order chi connectivity index (χ1) is 8.88. The highest BCUT2D eigenvalue weighted by molar-refractivity contribution is 7.13. The zero-order valence-corrected chi connectivity index (χ0v) is 10.9. The lowest BCUT2D eigenvalue weighted by molar-refractivity contribution is -0.137. The number of rotatable bonds is 3. The second kappa shape index (κ2) is 5.30. The molecular formula is C12H7ClF3NOS. The van der Waals surface area contributed by atoms with E-state index in [2.05, 4.69) is 4.98 Å². The molecule has 2 rings (SSSR count). The Hall–Kier alpha value is -1.40. The van der Waals surface area contributed by atoms with E-state index in [0.717, 1.165) is 6.20 Å². The van der Waals surface area contributed by atoms with E-state index in [1.54, 1.807) is 24.3 Å². The van der Waals surface area contributed by atoms with Gasteiger partial charge in [-0.2, -0.15) is 13.2 Å². The molecule has 0 atom stereocenters. The summed E-state index contributed by atoms with van der Waals surface area (Å²) >= 11 is 6.23. The van der Waals surface area contributed by atoms with Gasteiger partial charge in [-0.25, -0.2) is 4.98 Å². The smallest absolute Gasteiger partial charge is 0.293 e. The fourth-order valence-corrected chi connectivity index (χ4v) is 2.36. The van der Waals surface area contributed by atoms with Gasteiger partial charge in [0.1, 0.15) is 0 Å². The molecule has 0 aliphatic carbocycles. The summed E-state index contributed by atoms with van der Waals surface area (Å²) in [6.07, 6.45) is -3.61. The molecule has 1 aromatic carbocycles. The lowest BCUT2D eigenvalue weighted by atomic mass is 10.1. The van der Waals surface area contributed by atoms with E-state index in [1.807, 2.05) is 0 Å². The van der Waals surface area contributed by atoms with Crippen molar-refractivity contribution in [2.24, 2.45) is 0 Å². The van der Waals surface area contributed by atoms with Gasteiger partial charge >= 0.3 is 6.18 Å². The van der Waals surface area contributed by atoms with E-state index in [0.29, 0.717) is 21.9 Å². The van der Waals surface area contributed by atoms with Crippen LogP contribution in [0.3, 0.4) is 0 Å². The van der Waals surface area contributed by atoms with Crippen molar-refractivity contribution in [2.75, 3.05) is 0 Å². The standard InChI is InChI=1S/C12H7ClF3NOS/c13-8-4-2-1-3-7(8)5-9(18)10-6-17-11(19-10)12(14,15)16/h1-4,6H,5H2. The number of alkyl halides is 3. The van der Waals surface area contributed by atoms with E-state index >= 15 is 0 Å². The van der Waals surface area contributed by atoms with E-state index < -0.39 is 17.0 Å². The maximum atomic E-state index is 12.4. The van der Waals surface area contributed by atoms with E-state index in [4.69, 9.17) is 11.6 Å². The highest BCUT2D eigenvalue weighted by Crippen LogP contribution is 2.32. The third kappa shape index (κ3) is 3.33. The van der Waals surface area contributed by atoms with Crippen LogP contribution in [0.2, 0.25) is 5.02 Å². The molecule has 2 aromatic rings. The zero-order valence-electron chi connectivity index (χ0n) is 9.37. The quantitative estimate of drug-likeness (QED) is 0.794. The summed E-state index contributed by atoms with van der Waals surface area (Å²) in [6.45, 7) is 0. The van der Waals surface area contributed by atoms with Gasteiger partial charge in [0.05, 0.1) is 4.88 Å². The van der Waals surface area contributed by atoms with Crippen molar-refractivity contribution in [1.82, 2.24) is 4.98 Å². The highest BCUT2D eigenvalue weighted by Gasteiger charge is 2.35. The molecule has 0 N–H and O–H groups in total. The van der Waals surface area contributed by atoms with Crippen molar-refractivity contribution in [3.8, 4) is 0 Å². The molecule has 0 aliphatic rings. The van der Waals surface area contributed by atoms with Crippen LogP contribution in [-0.4, -0.2) is 10.8 Å². The number of carbonyl (C=O) groups excluding carboxylic acids is 1. The van der Waals surface area contributed by atoms with Gasteiger partial charge in [-0.05, 0) is 11.6 Å². The SMILES string of the molecule is O=C(Cc1ccccc1Cl)c1cnc(C(F)(F)F)s1. The van der Waals surface area contributed by atoms with Crippen LogP contribution in [-0.2, 0) is 12.6 Å². The third-order valence-corrected chi connectivity index (χ3v) is 3.78. The molecule has 0 aliphatic heterocycles. The largest absolute Gasteiger partial charge is 0.443 e. The molecule has 0 saturated carbocycles. The molecule has 0 spiro atoms. The second-order valence-corrected chi connectivity index (χ2v) is 5.16. The Kier molecular flexibility index (Phi) is 3.91. The summed E-state index contributed by atoms with van der Waals surface area (Å²) < 4.78 is 37.1. The van der Waals surface area contributed by atoms with Crippen LogP contribution in [0.4, 0.5) is 13.2 Å². The average molecular weight is 306 g/mol. The predicted molar refractivity (Wildman–Crippen MR) is 66.6 cm³/mol. The lowest BCUT2D eigenvalue weighted by Crippen LogP contribution is -2.03. The Labute approximate surface area is 115 Å². The monoisotopic (exact) mass is 305 g/mol. The Balaban J connectivity index is 2.17. The molecule has 0 radical (unpaired) electrons. The Morgan fingerprint density at radius 1 is 1.32 bits per heavy atom. The number of ketones is 1. The Morgan fingerprint density at radius 3 is 2.58 bits per heavy atom. The maximum absolute atomic E-state index is 12.4.